The number of para-hydroxylation sites is 1. The molecule has 1 aromatic carbocycles. The van der Waals surface area contributed by atoms with Gasteiger partial charge in [0.2, 0.25) is 0 Å². The summed E-state index contributed by atoms with van der Waals surface area (Å²) in [5.74, 6) is -0.239. The van der Waals surface area contributed by atoms with E-state index in [9.17, 15) is 9.90 Å². The molecule has 0 spiro atoms. The van der Waals surface area contributed by atoms with Crippen LogP contribution in [0.25, 0.3) is 0 Å². The van der Waals surface area contributed by atoms with Crippen molar-refractivity contribution in [3.8, 4) is 5.75 Å². The molecule has 1 rings (SSSR count). The van der Waals surface area contributed by atoms with E-state index in [0.717, 1.165) is 12.8 Å². The van der Waals surface area contributed by atoms with Crippen molar-refractivity contribution in [2.45, 2.75) is 39.2 Å². The van der Waals surface area contributed by atoms with E-state index in [2.05, 4.69) is 13.8 Å². The van der Waals surface area contributed by atoms with Crippen LogP contribution in [0.4, 0.5) is 0 Å². The molecule has 0 fully saturated rings. The number of hydrogen-bond donors (Lipinski definition) is 2. The van der Waals surface area contributed by atoms with Crippen LogP contribution >= 0.6 is 0 Å². The summed E-state index contributed by atoms with van der Waals surface area (Å²) in [6.07, 6.45) is 2.17. The van der Waals surface area contributed by atoms with E-state index in [0.29, 0.717) is 18.1 Å². The summed E-state index contributed by atoms with van der Waals surface area (Å²) in [7, 11) is 0. The van der Waals surface area contributed by atoms with Gasteiger partial charge in [-0.15, -0.1) is 0 Å². The Morgan fingerprint density at radius 3 is 2.47 bits per heavy atom. The molecule has 0 bridgehead atoms. The van der Waals surface area contributed by atoms with Gasteiger partial charge in [0.15, 0.2) is 0 Å². The lowest BCUT2D eigenvalue weighted by Gasteiger charge is -2.18. The molecule has 0 saturated carbocycles. The molecule has 0 saturated heterocycles. The summed E-state index contributed by atoms with van der Waals surface area (Å²) >= 11 is 0. The Labute approximate surface area is 114 Å². The van der Waals surface area contributed by atoms with Gasteiger partial charge in [0, 0.05) is 0 Å². The number of carboxylic acid groups (broad SMARTS) is 1. The van der Waals surface area contributed by atoms with Crippen LogP contribution in [0.2, 0.25) is 0 Å². The molecule has 1 unspecified atom stereocenters. The highest BCUT2D eigenvalue weighted by Gasteiger charge is 2.14. The highest BCUT2D eigenvalue weighted by Crippen LogP contribution is 2.20. The second-order valence-corrected chi connectivity index (χ2v) is 4.68. The first-order chi connectivity index (χ1) is 9.08. The Morgan fingerprint density at radius 1 is 1.26 bits per heavy atom. The molecule has 0 heterocycles. The molecule has 1 aromatic rings. The quantitative estimate of drug-likeness (QED) is 0.759. The van der Waals surface area contributed by atoms with E-state index in [4.69, 9.17) is 9.84 Å². The zero-order valence-electron chi connectivity index (χ0n) is 11.5. The van der Waals surface area contributed by atoms with Crippen LogP contribution in [0.15, 0.2) is 24.3 Å². The molecule has 2 N–H and O–H groups in total. The Morgan fingerprint density at radius 2 is 1.89 bits per heavy atom. The minimum absolute atomic E-state index is 0.122. The topological polar surface area (TPSA) is 66.8 Å². The fourth-order valence-electron chi connectivity index (χ4n) is 2.03. The number of aliphatic hydroxyl groups excluding tert-OH is 1. The van der Waals surface area contributed by atoms with E-state index < -0.39 is 12.1 Å². The molecule has 4 heteroatoms. The normalized spacial score (nSPS) is 12.4. The highest BCUT2D eigenvalue weighted by molar-refractivity contribution is 5.90. The van der Waals surface area contributed by atoms with Gasteiger partial charge in [-0.3, -0.25) is 0 Å². The number of ether oxygens (including phenoxy) is 1. The second-order valence-electron chi connectivity index (χ2n) is 4.68. The lowest BCUT2D eigenvalue weighted by molar-refractivity contribution is 0.0669. The van der Waals surface area contributed by atoms with E-state index in [-0.39, 0.29) is 12.2 Å². The van der Waals surface area contributed by atoms with E-state index in [1.165, 1.54) is 6.07 Å². The Hall–Kier alpha value is -1.55. The molecule has 19 heavy (non-hydrogen) atoms. The Bertz CT molecular complexity index is 399. The van der Waals surface area contributed by atoms with E-state index in [1.54, 1.807) is 18.2 Å². The fourth-order valence-corrected chi connectivity index (χ4v) is 2.03. The molecular weight excluding hydrogens is 244 g/mol. The Balaban J connectivity index is 2.55. The molecule has 0 radical (unpaired) electrons. The average Bonchev–Trinajstić information content (AvgIpc) is 2.42. The van der Waals surface area contributed by atoms with Crippen molar-refractivity contribution in [3.63, 3.8) is 0 Å². The molecule has 0 aliphatic carbocycles. The van der Waals surface area contributed by atoms with Crippen molar-refractivity contribution in [3.05, 3.63) is 29.8 Å². The van der Waals surface area contributed by atoms with Crippen LogP contribution in [0.3, 0.4) is 0 Å². The first kappa shape index (κ1) is 15.5. The minimum atomic E-state index is -1.02. The summed E-state index contributed by atoms with van der Waals surface area (Å²) in [5, 5.41) is 18.9. The van der Waals surface area contributed by atoms with Crippen LogP contribution in [-0.2, 0) is 0 Å². The molecule has 106 valence electrons. The molecule has 0 amide bonds. The van der Waals surface area contributed by atoms with Crippen molar-refractivity contribution in [1.29, 1.82) is 0 Å². The SMILES string of the molecule is CCC(CC)CC(O)COc1ccccc1C(=O)O. The number of hydrogen-bond acceptors (Lipinski definition) is 3. The first-order valence-electron chi connectivity index (χ1n) is 6.71. The number of carboxylic acids is 1. The number of benzene rings is 1. The molecule has 1 atom stereocenters. The molecular formula is C15H22O4. The maximum atomic E-state index is 11.0. The molecule has 0 aliphatic heterocycles. The van der Waals surface area contributed by atoms with Crippen LogP contribution < -0.4 is 4.74 Å². The summed E-state index contributed by atoms with van der Waals surface area (Å²) in [5.41, 5.74) is 0.122. The van der Waals surface area contributed by atoms with Crippen molar-refractivity contribution in [2.24, 2.45) is 5.92 Å². The molecule has 0 aromatic heterocycles. The first-order valence-corrected chi connectivity index (χ1v) is 6.71. The minimum Gasteiger partial charge on any atom is -0.490 e. The van der Waals surface area contributed by atoms with E-state index in [1.807, 2.05) is 0 Å². The second kappa shape index (κ2) is 7.79. The average molecular weight is 266 g/mol. The summed E-state index contributed by atoms with van der Waals surface area (Å²) < 4.78 is 5.42. The van der Waals surface area contributed by atoms with E-state index >= 15 is 0 Å². The van der Waals surface area contributed by atoms with Crippen LogP contribution in [-0.4, -0.2) is 28.9 Å². The van der Waals surface area contributed by atoms with Crippen LogP contribution in [0.5, 0.6) is 5.75 Å². The van der Waals surface area contributed by atoms with Gasteiger partial charge in [-0.05, 0) is 24.5 Å². The monoisotopic (exact) mass is 266 g/mol. The van der Waals surface area contributed by atoms with Gasteiger partial charge in [0.25, 0.3) is 0 Å². The van der Waals surface area contributed by atoms with Gasteiger partial charge < -0.3 is 14.9 Å². The fraction of sp³-hybridized carbons (Fsp3) is 0.533. The van der Waals surface area contributed by atoms with Crippen LogP contribution in [0.1, 0.15) is 43.5 Å². The zero-order chi connectivity index (χ0) is 14.3. The van der Waals surface area contributed by atoms with Crippen molar-refractivity contribution in [2.75, 3.05) is 6.61 Å². The highest BCUT2D eigenvalue weighted by atomic mass is 16.5. The van der Waals surface area contributed by atoms with Gasteiger partial charge >= 0.3 is 5.97 Å². The summed E-state index contributed by atoms with van der Waals surface area (Å²) in [6, 6.07) is 6.46. The maximum Gasteiger partial charge on any atom is 0.339 e. The third-order valence-electron chi connectivity index (χ3n) is 3.31. The predicted octanol–water partition coefficient (Wildman–Crippen LogP) is 2.95. The maximum absolute atomic E-state index is 11.0. The third-order valence-corrected chi connectivity index (χ3v) is 3.31. The zero-order valence-corrected chi connectivity index (χ0v) is 11.5. The van der Waals surface area contributed by atoms with Crippen molar-refractivity contribution in [1.82, 2.24) is 0 Å². The number of aliphatic hydroxyl groups is 1. The number of carbonyl (C=O) groups is 1. The number of rotatable bonds is 8. The summed E-state index contributed by atoms with van der Waals surface area (Å²) in [4.78, 5) is 11.0. The van der Waals surface area contributed by atoms with Crippen molar-refractivity contribution >= 4 is 5.97 Å². The standard InChI is InChI=1S/C15H22O4/c1-3-11(4-2)9-12(16)10-19-14-8-6-5-7-13(14)15(17)18/h5-8,11-12,16H,3-4,9-10H2,1-2H3,(H,17,18). The van der Waals surface area contributed by atoms with Gasteiger partial charge in [-0.1, -0.05) is 38.8 Å². The van der Waals surface area contributed by atoms with Gasteiger partial charge in [-0.2, -0.15) is 0 Å². The lowest BCUT2D eigenvalue weighted by atomic mass is 9.96. The third kappa shape index (κ3) is 4.91. The Kier molecular flexibility index (Phi) is 6.36. The predicted molar refractivity (Wildman–Crippen MR) is 73.6 cm³/mol. The number of aromatic carboxylic acids is 1. The van der Waals surface area contributed by atoms with Gasteiger partial charge in [-0.25, -0.2) is 4.79 Å². The lowest BCUT2D eigenvalue weighted by Crippen LogP contribution is -2.21. The van der Waals surface area contributed by atoms with Crippen molar-refractivity contribution < 1.29 is 19.7 Å². The van der Waals surface area contributed by atoms with Gasteiger partial charge in [0.05, 0.1) is 6.10 Å². The van der Waals surface area contributed by atoms with Crippen LogP contribution in [0, 0.1) is 5.92 Å². The van der Waals surface area contributed by atoms with Gasteiger partial charge in [0.1, 0.15) is 17.9 Å². The molecule has 0 aliphatic rings. The summed E-state index contributed by atoms with van der Waals surface area (Å²) in [6.45, 7) is 4.32. The smallest absolute Gasteiger partial charge is 0.339 e. The largest absolute Gasteiger partial charge is 0.490 e. The molecule has 4 nitrogen and oxygen atoms in total.